The van der Waals surface area contributed by atoms with E-state index in [2.05, 4.69) is 54.4 Å². The van der Waals surface area contributed by atoms with Crippen LogP contribution in [-0.2, 0) is 25.9 Å². The molecule has 1 aliphatic carbocycles. The Balaban J connectivity index is 1.53. The molecule has 3 nitrogen and oxygen atoms in total. The molecule has 1 aromatic heterocycles. The van der Waals surface area contributed by atoms with Gasteiger partial charge in [-0.2, -0.15) is 0 Å². The van der Waals surface area contributed by atoms with Crippen LogP contribution in [0, 0.1) is 0 Å². The first-order valence-corrected chi connectivity index (χ1v) is 9.71. The van der Waals surface area contributed by atoms with Crippen LogP contribution in [0.3, 0.4) is 0 Å². The van der Waals surface area contributed by atoms with E-state index < -0.39 is 0 Å². The zero-order chi connectivity index (χ0) is 16.9. The molecule has 1 aliphatic rings. The third-order valence-electron chi connectivity index (χ3n) is 4.75. The second-order valence-corrected chi connectivity index (χ2v) is 7.51. The van der Waals surface area contributed by atoms with Crippen LogP contribution >= 0.6 is 11.3 Å². The van der Waals surface area contributed by atoms with Crippen molar-refractivity contribution in [2.75, 3.05) is 13.1 Å². The highest BCUT2D eigenvalue weighted by molar-refractivity contribution is 7.14. The van der Waals surface area contributed by atoms with Gasteiger partial charge in [0.05, 0.1) is 4.88 Å². The van der Waals surface area contributed by atoms with Gasteiger partial charge in [0.1, 0.15) is 0 Å². The first kappa shape index (κ1) is 17.2. The Hall–Kier alpha value is -1.65. The van der Waals surface area contributed by atoms with E-state index in [-0.39, 0.29) is 5.91 Å². The molecule has 0 saturated heterocycles. The number of thiophene rings is 1. The van der Waals surface area contributed by atoms with Gasteiger partial charge in [0.2, 0.25) is 0 Å². The van der Waals surface area contributed by atoms with Crippen molar-refractivity contribution in [1.82, 2.24) is 10.2 Å². The van der Waals surface area contributed by atoms with Crippen molar-refractivity contribution in [3.8, 4) is 0 Å². The van der Waals surface area contributed by atoms with Crippen LogP contribution in [0.4, 0.5) is 0 Å². The average molecular weight is 343 g/mol. The SMILES string of the molecule is CCN(CC)Cc1ccc(CNC(=O)c2cc3c(s2)CCC3)cc1. The summed E-state index contributed by atoms with van der Waals surface area (Å²) in [6.07, 6.45) is 3.51. The predicted octanol–water partition coefficient (Wildman–Crippen LogP) is 4.01. The Kier molecular flexibility index (Phi) is 5.69. The minimum atomic E-state index is 0.0571. The number of carbonyl (C=O) groups excluding carboxylic acids is 1. The summed E-state index contributed by atoms with van der Waals surface area (Å²) in [6, 6.07) is 10.6. The van der Waals surface area contributed by atoms with Gasteiger partial charge in [0.15, 0.2) is 0 Å². The molecule has 0 fully saturated rings. The Morgan fingerprint density at radius 2 is 1.83 bits per heavy atom. The maximum absolute atomic E-state index is 12.3. The second-order valence-electron chi connectivity index (χ2n) is 6.37. The number of carbonyl (C=O) groups is 1. The molecule has 0 aliphatic heterocycles. The number of nitrogens with one attached hydrogen (secondary N) is 1. The number of nitrogens with zero attached hydrogens (tertiary/aromatic N) is 1. The predicted molar refractivity (Wildman–Crippen MR) is 101 cm³/mol. The normalized spacial score (nSPS) is 13.3. The minimum absolute atomic E-state index is 0.0571. The lowest BCUT2D eigenvalue weighted by atomic mass is 10.1. The van der Waals surface area contributed by atoms with E-state index >= 15 is 0 Å². The summed E-state index contributed by atoms with van der Waals surface area (Å²) in [4.78, 5) is 17.0. The first-order valence-electron chi connectivity index (χ1n) is 8.89. The zero-order valence-electron chi connectivity index (χ0n) is 14.6. The van der Waals surface area contributed by atoms with Gasteiger partial charge in [-0.1, -0.05) is 38.1 Å². The van der Waals surface area contributed by atoms with Crippen molar-refractivity contribution in [3.05, 3.63) is 56.8 Å². The summed E-state index contributed by atoms with van der Waals surface area (Å²) in [5.41, 5.74) is 3.85. The standard InChI is InChI=1S/C20H26N2OS/c1-3-22(4-2)14-16-10-8-15(9-11-16)13-21-20(23)19-12-17-6-5-7-18(17)24-19/h8-12H,3-7,13-14H2,1-2H3,(H,21,23). The highest BCUT2D eigenvalue weighted by Gasteiger charge is 2.18. The number of amides is 1. The third kappa shape index (κ3) is 4.05. The van der Waals surface area contributed by atoms with Crippen LogP contribution in [0.5, 0.6) is 0 Å². The van der Waals surface area contributed by atoms with Gasteiger partial charge >= 0.3 is 0 Å². The summed E-state index contributed by atoms with van der Waals surface area (Å²) in [7, 11) is 0. The van der Waals surface area contributed by atoms with E-state index in [4.69, 9.17) is 0 Å². The van der Waals surface area contributed by atoms with E-state index in [1.165, 1.54) is 22.4 Å². The van der Waals surface area contributed by atoms with Gasteiger partial charge in [0, 0.05) is 18.0 Å². The molecule has 1 N–H and O–H groups in total. The molecule has 0 radical (unpaired) electrons. The fraction of sp³-hybridized carbons (Fsp3) is 0.450. The van der Waals surface area contributed by atoms with Gasteiger partial charge in [-0.05, 0) is 55.1 Å². The fourth-order valence-corrected chi connectivity index (χ4v) is 4.35. The van der Waals surface area contributed by atoms with Crippen LogP contribution in [0.2, 0.25) is 0 Å². The van der Waals surface area contributed by atoms with Gasteiger partial charge < -0.3 is 5.32 Å². The smallest absolute Gasteiger partial charge is 0.261 e. The van der Waals surface area contributed by atoms with Gasteiger partial charge in [0.25, 0.3) is 5.91 Å². The largest absolute Gasteiger partial charge is 0.347 e. The van der Waals surface area contributed by atoms with E-state index in [9.17, 15) is 4.79 Å². The van der Waals surface area contributed by atoms with Gasteiger partial charge in [-0.15, -0.1) is 11.3 Å². The molecule has 24 heavy (non-hydrogen) atoms. The number of hydrogen-bond acceptors (Lipinski definition) is 3. The molecule has 1 amide bonds. The lowest BCUT2D eigenvalue weighted by molar-refractivity contribution is 0.0955. The minimum Gasteiger partial charge on any atom is -0.347 e. The maximum Gasteiger partial charge on any atom is 0.261 e. The third-order valence-corrected chi connectivity index (χ3v) is 5.98. The van der Waals surface area contributed by atoms with Crippen molar-refractivity contribution in [1.29, 1.82) is 0 Å². The molecule has 128 valence electrons. The molecular formula is C20H26N2OS. The molecule has 1 heterocycles. The van der Waals surface area contributed by atoms with Crippen LogP contribution in [-0.4, -0.2) is 23.9 Å². The fourth-order valence-electron chi connectivity index (χ4n) is 3.18. The number of rotatable bonds is 7. The molecule has 3 rings (SSSR count). The van der Waals surface area contributed by atoms with Crippen molar-refractivity contribution in [2.45, 2.75) is 46.2 Å². The molecular weight excluding hydrogens is 316 g/mol. The quantitative estimate of drug-likeness (QED) is 0.824. The number of benzene rings is 1. The van der Waals surface area contributed by atoms with E-state index in [1.807, 2.05) is 0 Å². The van der Waals surface area contributed by atoms with Gasteiger partial charge in [-0.3, -0.25) is 9.69 Å². The molecule has 0 spiro atoms. The molecule has 1 aromatic carbocycles. The molecule has 0 unspecified atom stereocenters. The summed E-state index contributed by atoms with van der Waals surface area (Å²) in [5.74, 6) is 0.0571. The zero-order valence-corrected chi connectivity index (χ0v) is 15.4. The van der Waals surface area contributed by atoms with Crippen molar-refractivity contribution in [2.24, 2.45) is 0 Å². The maximum atomic E-state index is 12.3. The van der Waals surface area contributed by atoms with Crippen LogP contribution < -0.4 is 5.32 Å². The topological polar surface area (TPSA) is 32.3 Å². The summed E-state index contributed by atoms with van der Waals surface area (Å²) in [6.45, 7) is 8.09. The number of hydrogen-bond donors (Lipinski definition) is 1. The Morgan fingerprint density at radius 1 is 1.12 bits per heavy atom. The summed E-state index contributed by atoms with van der Waals surface area (Å²) >= 11 is 1.66. The summed E-state index contributed by atoms with van der Waals surface area (Å²) < 4.78 is 0. The average Bonchev–Trinajstić information content (AvgIpc) is 3.20. The molecule has 0 atom stereocenters. The molecule has 0 saturated carbocycles. The van der Waals surface area contributed by atoms with Crippen LogP contribution in [0.25, 0.3) is 0 Å². The van der Waals surface area contributed by atoms with Crippen molar-refractivity contribution >= 4 is 17.2 Å². The number of fused-ring (bicyclic) bond motifs is 1. The van der Waals surface area contributed by atoms with Crippen LogP contribution in [0.15, 0.2) is 30.3 Å². The lowest BCUT2D eigenvalue weighted by Gasteiger charge is -2.18. The molecule has 4 heteroatoms. The Labute approximate surface area is 148 Å². The Bertz CT molecular complexity index is 665. The number of aryl methyl sites for hydroxylation is 2. The Morgan fingerprint density at radius 3 is 2.50 bits per heavy atom. The van der Waals surface area contributed by atoms with Crippen LogP contribution in [0.1, 0.15) is 51.5 Å². The monoisotopic (exact) mass is 342 g/mol. The molecule has 2 aromatic rings. The van der Waals surface area contributed by atoms with Crippen molar-refractivity contribution < 1.29 is 4.79 Å². The van der Waals surface area contributed by atoms with Crippen molar-refractivity contribution in [3.63, 3.8) is 0 Å². The molecule has 0 bridgehead atoms. The highest BCUT2D eigenvalue weighted by atomic mass is 32.1. The van der Waals surface area contributed by atoms with E-state index in [0.717, 1.165) is 42.9 Å². The second kappa shape index (κ2) is 7.95. The first-order chi connectivity index (χ1) is 11.7. The van der Waals surface area contributed by atoms with Gasteiger partial charge in [-0.25, -0.2) is 0 Å². The lowest BCUT2D eigenvalue weighted by Crippen LogP contribution is -2.22. The van der Waals surface area contributed by atoms with E-state index in [1.54, 1.807) is 11.3 Å². The summed E-state index contributed by atoms with van der Waals surface area (Å²) in [5, 5.41) is 3.05. The highest BCUT2D eigenvalue weighted by Crippen LogP contribution is 2.30. The van der Waals surface area contributed by atoms with E-state index in [0.29, 0.717) is 6.54 Å².